The lowest BCUT2D eigenvalue weighted by atomic mass is 10.2. The minimum Gasteiger partial charge on any atom is -0.352 e. The van der Waals surface area contributed by atoms with Gasteiger partial charge in [-0.2, -0.15) is 8.82 Å². The lowest BCUT2D eigenvalue weighted by Crippen LogP contribution is -2.49. The van der Waals surface area contributed by atoms with Crippen LogP contribution in [-0.4, -0.2) is 82.6 Å². The maximum Gasteiger partial charge on any atom is 0.253 e. The van der Waals surface area contributed by atoms with Gasteiger partial charge in [-0.25, -0.2) is 8.42 Å². The fourth-order valence-corrected chi connectivity index (χ4v) is 5.57. The van der Waals surface area contributed by atoms with Gasteiger partial charge in [0, 0.05) is 44.8 Å². The van der Waals surface area contributed by atoms with Gasteiger partial charge in [-0.15, -0.1) is 15.3 Å². The minimum atomic E-state index is -3.47. The van der Waals surface area contributed by atoms with Crippen molar-refractivity contribution >= 4 is 27.4 Å². The van der Waals surface area contributed by atoms with Crippen molar-refractivity contribution in [3.8, 4) is 0 Å². The van der Waals surface area contributed by atoms with Gasteiger partial charge in [-0.1, -0.05) is 0 Å². The van der Waals surface area contributed by atoms with Crippen molar-refractivity contribution < 1.29 is 13.2 Å². The Balaban J connectivity index is 1.24. The highest BCUT2D eigenvalue weighted by Gasteiger charge is 2.28. The Morgan fingerprint density at radius 2 is 1.58 bits per heavy atom. The van der Waals surface area contributed by atoms with Gasteiger partial charge < -0.3 is 9.80 Å². The molecule has 11 heteroatoms. The molecule has 2 aliphatic rings. The molecule has 3 aromatic rings. The summed E-state index contributed by atoms with van der Waals surface area (Å²) in [6.45, 7) is 3.57. The first kappa shape index (κ1) is 19.9. The molecule has 1 amide bonds. The molecule has 4 heterocycles. The summed E-state index contributed by atoms with van der Waals surface area (Å²) in [4.78, 5) is 17.1. The highest BCUT2D eigenvalue weighted by molar-refractivity contribution is 7.89. The van der Waals surface area contributed by atoms with Crippen LogP contribution in [-0.2, 0) is 10.0 Å². The van der Waals surface area contributed by atoms with Gasteiger partial charge in [0.05, 0.1) is 4.90 Å². The van der Waals surface area contributed by atoms with E-state index in [2.05, 4.69) is 20.2 Å². The molecule has 2 fully saturated rings. The summed E-state index contributed by atoms with van der Waals surface area (Å²) in [6.07, 6.45) is 3.35. The zero-order valence-electron chi connectivity index (χ0n) is 17.0. The van der Waals surface area contributed by atoms with Crippen LogP contribution in [0, 0.1) is 0 Å². The Kier molecular flexibility index (Phi) is 5.06. The number of anilines is 1. The molecule has 0 unspecified atom stereocenters. The monoisotopic (exact) mass is 441 g/mol. The molecule has 10 nitrogen and oxygen atoms in total. The van der Waals surface area contributed by atoms with Crippen molar-refractivity contribution in [3.05, 3.63) is 48.3 Å². The summed E-state index contributed by atoms with van der Waals surface area (Å²) in [5, 5.41) is 12.3. The number of piperazine rings is 1. The number of carbonyl (C=O) groups is 1. The Hall–Kier alpha value is -3.05. The van der Waals surface area contributed by atoms with E-state index >= 15 is 0 Å². The van der Waals surface area contributed by atoms with Crippen molar-refractivity contribution in [1.29, 1.82) is 0 Å². The molecule has 0 atom stereocenters. The third-order valence-corrected chi connectivity index (χ3v) is 7.76. The van der Waals surface area contributed by atoms with Crippen LogP contribution in [0.15, 0.2) is 47.6 Å². The Morgan fingerprint density at radius 1 is 0.871 bits per heavy atom. The first-order valence-electron chi connectivity index (χ1n) is 10.3. The summed E-state index contributed by atoms with van der Waals surface area (Å²) in [5.74, 6) is 0.725. The van der Waals surface area contributed by atoms with Crippen LogP contribution in [0.2, 0.25) is 0 Å². The van der Waals surface area contributed by atoms with E-state index in [4.69, 9.17) is 0 Å². The van der Waals surface area contributed by atoms with E-state index in [-0.39, 0.29) is 10.8 Å². The van der Waals surface area contributed by atoms with Crippen molar-refractivity contribution in [2.45, 2.75) is 17.7 Å². The quantitative estimate of drug-likeness (QED) is 0.592. The minimum absolute atomic E-state index is 0.0907. The second-order valence-electron chi connectivity index (χ2n) is 7.74. The number of fused-ring (bicyclic) bond motifs is 1. The van der Waals surface area contributed by atoms with E-state index in [1.807, 2.05) is 12.1 Å². The van der Waals surface area contributed by atoms with E-state index in [1.165, 1.54) is 16.4 Å². The third-order valence-electron chi connectivity index (χ3n) is 5.84. The average molecular weight is 442 g/mol. The summed E-state index contributed by atoms with van der Waals surface area (Å²) >= 11 is 0. The lowest BCUT2D eigenvalue weighted by molar-refractivity contribution is 0.0746. The van der Waals surface area contributed by atoms with Gasteiger partial charge in [-0.3, -0.25) is 4.79 Å². The first-order valence-corrected chi connectivity index (χ1v) is 11.8. The molecule has 0 bridgehead atoms. The van der Waals surface area contributed by atoms with Crippen molar-refractivity contribution in [1.82, 2.24) is 29.0 Å². The van der Waals surface area contributed by atoms with Gasteiger partial charge >= 0.3 is 0 Å². The van der Waals surface area contributed by atoms with E-state index in [0.717, 1.165) is 18.7 Å². The van der Waals surface area contributed by atoms with Gasteiger partial charge in [0.25, 0.3) is 5.91 Å². The number of sulfonamides is 1. The summed E-state index contributed by atoms with van der Waals surface area (Å²) < 4.78 is 28.5. The van der Waals surface area contributed by atoms with Crippen LogP contribution in [0.25, 0.3) is 5.65 Å². The molecule has 0 saturated carbocycles. The van der Waals surface area contributed by atoms with E-state index in [0.29, 0.717) is 50.5 Å². The van der Waals surface area contributed by atoms with Crippen LogP contribution >= 0.6 is 0 Å². The van der Waals surface area contributed by atoms with E-state index in [9.17, 15) is 13.2 Å². The smallest absolute Gasteiger partial charge is 0.253 e. The number of hydrogen-bond donors (Lipinski definition) is 0. The highest BCUT2D eigenvalue weighted by atomic mass is 32.2. The number of hydrogen-bond acceptors (Lipinski definition) is 7. The predicted molar refractivity (Wildman–Crippen MR) is 113 cm³/mol. The predicted octanol–water partition coefficient (Wildman–Crippen LogP) is 0.871. The summed E-state index contributed by atoms with van der Waals surface area (Å²) in [6, 6.07) is 10.1. The van der Waals surface area contributed by atoms with Crippen molar-refractivity contribution in [3.63, 3.8) is 0 Å². The topological polar surface area (TPSA) is 104 Å². The molecule has 2 aliphatic heterocycles. The molecule has 5 rings (SSSR count). The van der Waals surface area contributed by atoms with Crippen LogP contribution < -0.4 is 4.90 Å². The molecule has 0 radical (unpaired) electrons. The molecule has 2 saturated heterocycles. The molecule has 1 aromatic carbocycles. The van der Waals surface area contributed by atoms with Gasteiger partial charge in [0.15, 0.2) is 5.65 Å². The SMILES string of the molecule is O=C(c1ccc(S(=O)(=O)N2CCCC2)cc1)N1CCN(c2ccc3nncn3n2)CC1. The van der Waals surface area contributed by atoms with Crippen LogP contribution in [0.4, 0.5) is 5.82 Å². The molecular weight excluding hydrogens is 418 g/mol. The largest absolute Gasteiger partial charge is 0.352 e. The van der Waals surface area contributed by atoms with Crippen LogP contribution in [0.5, 0.6) is 0 Å². The van der Waals surface area contributed by atoms with Crippen molar-refractivity contribution in [2.24, 2.45) is 0 Å². The summed E-state index contributed by atoms with van der Waals surface area (Å²) in [5.41, 5.74) is 1.19. The summed E-state index contributed by atoms with van der Waals surface area (Å²) in [7, 11) is -3.47. The van der Waals surface area contributed by atoms with Gasteiger partial charge in [-0.05, 0) is 49.2 Å². The molecule has 162 valence electrons. The average Bonchev–Trinajstić information content (AvgIpc) is 3.51. The van der Waals surface area contributed by atoms with Crippen LogP contribution in [0.3, 0.4) is 0 Å². The zero-order valence-corrected chi connectivity index (χ0v) is 17.8. The second kappa shape index (κ2) is 7.89. The number of rotatable bonds is 4. The maximum atomic E-state index is 12.9. The Bertz CT molecular complexity index is 1190. The molecule has 2 aromatic heterocycles. The Morgan fingerprint density at radius 3 is 2.29 bits per heavy atom. The molecule has 31 heavy (non-hydrogen) atoms. The second-order valence-corrected chi connectivity index (χ2v) is 9.68. The van der Waals surface area contributed by atoms with E-state index in [1.54, 1.807) is 27.9 Å². The molecule has 0 N–H and O–H groups in total. The number of nitrogens with zero attached hydrogens (tertiary/aromatic N) is 7. The number of aromatic nitrogens is 4. The fraction of sp³-hybridized carbons (Fsp3) is 0.400. The highest BCUT2D eigenvalue weighted by Crippen LogP contribution is 2.22. The molecule has 0 spiro atoms. The number of amides is 1. The molecular formula is C20H23N7O3S. The van der Waals surface area contributed by atoms with Crippen molar-refractivity contribution in [2.75, 3.05) is 44.2 Å². The molecule has 0 aliphatic carbocycles. The normalized spacial score (nSPS) is 18.1. The van der Waals surface area contributed by atoms with Gasteiger partial charge in [0.2, 0.25) is 10.0 Å². The lowest BCUT2D eigenvalue weighted by Gasteiger charge is -2.35. The van der Waals surface area contributed by atoms with Gasteiger partial charge in [0.1, 0.15) is 12.1 Å². The first-order chi connectivity index (χ1) is 15.0. The maximum absolute atomic E-state index is 12.9. The number of benzene rings is 1. The zero-order chi connectivity index (χ0) is 21.4. The van der Waals surface area contributed by atoms with Crippen LogP contribution in [0.1, 0.15) is 23.2 Å². The Labute approximate surface area is 180 Å². The fourth-order valence-electron chi connectivity index (χ4n) is 4.06. The third kappa shape index (κ3) is 3.74. The standard InChI is InChI=1S/C20H23N7O3S/c28-20(16-3-5-17(6-4-16)31(29,30)26-9-1-2-10-26)25-13-11-24(12-14-25)19-8-7-18-22-21-15-27(18)23-19/h3-8,15H,1-2,9-14H2. The van der Waals surface area contributed by atoms with E-state index < -0.39 is 10.0 Å². The number of carbonyl (C=O) groups excluding carboxylic acids is 1.